The Bertz CT molecular complexity index is 832. The lowest BCUT2D eigenvalue weighted by Crippen LogP contribution is -2.31. The summed E-state index contributed by atoms with van der Waals surface area (Å²) in [5.41, 5.74) is 4.79. The average molecular weight is 353 g/mol. The number of hydrogen-bond donors (Lipinski definition) is 1. The van der Waals surface area contributed by atoms with Crippen LogP contribution in [0.2, 0.25) is 0 Å². The first kappa shape index (κ1) is 19.4. The van der Waals surface area contributed by atoms with Gasteiger partial charge in [0.2, 0.25) is 5.78 Å². The van der Waals surface area contributed by atoms with Gasteiger partial charge in [-0.15, -0.1) is 0 Å². The zero-order valence-electron chi connectivity index (χ0n) is 15.5. The van der Waals surface area contributed by atoms with Gasteiger partial charge in [0, 0.05) is 11.1 Å². The summed E-state index contributed by atoms with van der Waals surface area (Å²) in [5.74, 6) is -1.26. The second-order valence-corrected chi connectivity index (χ2v) is 6.41. The van der Waals surface area contributed by atoms with E-state index < -0.39 is 5.97 Å². The molecule has 0 aromatic heterocycles. The Morgan fingerprint density at radius 3 is 2.19 bits per heavy atom. The van der Waals surface area contributed by atoms with Crippen molar-refractivity contribution in [2.75, 3.05) is 13.2 Å². The fourth-order valence-electron chi connectivity index (χ4n) is 2.93. The number of hydrogen-bond acceptors (Lipinski definition) is 4. The number of esters is 1. The molecule has 0 fully saturated rings. The Labute approximate surface area is 153 Å². The molecular weight excluding hydrogens is 330 g/mol. The molecule has 0 saturated carbocycles. The quantitative estimate of drug-likeness (QED) is 0.640. The van der Waals surface area contributed by atoms with Crippen molar-refractivity contribution in [1.29, 1.82) is 0 Å². The maximum absolute atomic E-state index is 12.3. The van der Waals surface area contributed by atoms with Gasteiger partial charge in [-0.2, -0.15) is 0 Å². The first-order chi connectivity index (χ1) is 12.3. The average Bonchev–Trinajstić information content (AvgIpc) is 2.56. The van der Waals surface area contributed by atoms with Gasteiger partial charge in [-0.3, -0.25) is 14.4 Å². The maximum Gasteiger partial charge on any atom is 0.325 e. The van der Waals surface area contributed by atoms with E-state index in [2.05, 4.69) is 5.32 Å². The predicted octanol–water partition coefficient (Wildman–Crippen LogP) is 3.08. The Balaban J connectivity index is 1.87. The fourth-order valence-corrected chi connectivity index (χ4v) is 2.93. The predicted molar refractivity (Wildman–Crippen MR) is 99.5 cm³/mol. The van der Waals surface area contributed by atoms with Crippen LogP contribution in [0.25, 0.3) is 0 Å². The smallest absolute Gasteiger partial charge is 0.325 e. The zero-order valence-corrected chi connectivity index (χ0v) is 15.5. The largest absolute Gasteiger partial charge is 0.456 e. The van der Waals surface area contributed by atoms with E-state index in [9.17, 15) is 14.4 Å². The lowest BCUT2D eigenvalue weighted by molar-refractivity contribution is -0.141. The molecule has 0 aliphatic rings. The van der Waals surface area contributed by atoms with E-state index in [0.717, 1.165) is 22.3 Å². The second-order valence-electron chi connectivity index (χ2n) is 6.41. The number of amides is 1. The minimum Gasteiger partial charge on any atom is -0.456 e. The Morgan fingerprint density at radius 2 is 1.58 bits per heavy atom. The molecule has 0 atom stereocenters. The van der Waals surface area contributed by atoms with Crippen molar-refractivity contribution in [3.05, 3.63) is 69.8 Å². The van der Waals surface area contributed by atoms with Crippen LogP contribution in [0.15, 0.2) is 36.4 Å². The molecule has 1 amide bonds. The number of nitrogens with one attached hydrogen (secondary N) is 1. The van der Waals surface area contributed by atoms with Gasteiger partial charge in [0.1, 0.15) is 6.54 Å². The van der Waals surface area contributed by atoms with Crippen LogP contribution in [0.3, 0.4) is 0 Å². The monoisotopic (exact) mass is 353 g/mol. The van der Waals surface area contributed by atoms with E-state index in [1.165, 1.54) is 0 Å². The Morgan fingerprint density at radius 1 is 0.923 bits per heavy atom. The number of benzene rings is 2. The fraction of sp³-hybridized carbons (Fsp3) is 0.286. The molecule has 0 unspecified atom stereocenters. The highest BCUT2D eigenvalue weighted by Crippen LogP contribution is 2.17. The molecule has 0 aliphatic heterocycles. The molecule has 136 valence electrons. The second kappa shape index (κ2) is 8.43. The standard InChI is InChI=1S/C21H23NO4/c1-13-6-5-7-17(10-13)21(25)22-11-19(24)26-12-18(23)20-15(3)8-14(2)9-16(20)4/h5-10H,11-12H2,1-4H3,(H,22,25). The van der Waals surface area contributed by atoms with Crippen molar-refractivity contribution in [3.63, 3.8) is 0 Å². The summed E-state index contributed by atoms with van der Waals surface area (Å²) in [5, 5.41) is 2.49. The number of aryl methyl sites for hydroxylation is 4. The van der Waals surface area contributed by atoms with Gasteiger partial charge in [-0.25, -0.2) is 0 Å². The van der Waals surface area contributed by atoms with Crippen LogP contribution in [0.1, 0.15) is 43.0 Å². The summed E-state index contributed by atoms with van der Waals surface area (Å²) >= 11 is 0. The Hall–Kier alpha value is -2.95. The van der Waals surface area contributed by atoms with E-state index in [1.54, 1.807) is 18.2 Å². The first-order valence-corrected chi connectivity index (χ1v) is 8.39. The van der Waals surface area contributed by atoms with Crippen LogP contribution in [0.5, 0.6) is 0 Å². The lowest BCUT2D eigenvalue weighted by Gasteiger charge is -2.11. The zero-order chi connectivity index (χ0) is 19.3. The van der Waals surface area contributed by atoms with E-state index in [0.29, 0.717) is 11.1 Å². The summed E-state index contributed by atoms with van der Waals surface area (Å²) in [6.45, 7) is 6.93. The van der Waals surface area contributed by atoms with Crippen LogP contribution in [0, 0.1) is 27.7 Å². The first-order valence-electron chi connectivity index (χ1n) is 8.39. The third-order valence-electron chi connectivity index (χ3n) is 3.99. The van der Waals surface area contributed by atoms with Crippen LogP contribution < -0.4 is 5.32 Å². The van der Waals surface area contributed by atoms with Gasteiger partial charge in [0.25, 0.3) is 5.91 Å². The highest BCUT2D eigenvalue weighted by atomic mass is 16.5. The number of Topliss-reactive ketones (excluding diaryl/α,β-unsaturated/α-hetero) is 1. The van der Waals surface area contributed by atoms with Crippen molar-refractivity contribution >= 4 is 17.7 Å². The molecule has 0 radical (unpaired) electrons. The molecule has 5 heteroatoms. The summed E-state index contributed by atoms with van der Waals surface area (Å²) in [6, 6.07) is 10.9. The van der Waals surface area contributed by atoms with Crippen LogP contribution in [0.4, 0.5) is 0 Å². The van der Waals surface area contributed by atoms with Gasteiger partial charge >= 0.3 is 5.97 Å². The number of carbonyl (C=O) groups is 3. The van der Waals surface area contributed by atoms with Gasteiger partial charge in [-0.1, -0.05) is 35.4 Å². The van der Waals surface area contributed by atoms with E-state index in [4.69, 9.17) is 4.74 Å². The summed E-state index contributed by atoms with van der Waals surface area (Å²) in [6.07, 6.45) is 0. The molecule has 2 rings (SSSR count). The van der Waals surface area contributed by atoms with Crippen molar-refractivity contribution < 1.29 is 19.1 Å². The SMILES string of the molecule is Cc1cccc(C(=O)NCC(=O)OCC(=O)c2c(C)cc(C)cc2C)c1. The highest BCUT2D eigenvalue weighted by molar-refractivity contribution is 6.01. The van der Waals surface area contributed by atoms with Crippen molar-refractivity contribution in [1.82, 2.24) is 5.32 Å². The molecule has 2 aromatic rings. The molecule has 2 aromatic carbocycles. The maximum atomic E-state index is 12.3. The van der Waals surface area contributed by atoms with Crippen LogP contribution in [-0.4, -0.2) is 30.8 Å². The minimum absolute atomic E-state index is 0.252. The molecular formula is C21H23NO4. The molecule has 0 heterocycles. The van der Waals surface area contributed by atoms with Crippen LogP contribution >= 0.6 is 0 Å². The van der Waals surface area contributed by atoms with Crippen LogP contribution in [-0.2, 0) is 9.53 Å². The van der Waals surface area contributed by atoms with Gasteiger partial charge < -0.3 is 10.1 Å². The normalized spacial score (nSPS) is 10.3. The highest BCUT2D eigenvalue weighted by Gasteiger charge is 2.16. The van der Waals surface area contributed by atoms with E-state index in [-0.39, 0.29) is 24.8 Å². The lowest BCUT2D eigenvalue weighted by atomic mass is 9.97. The van der Waals surface area contributed by atoms with Crippen molar-refractivity contribution in [2.45, 2.75) is 27.7 Å². The van der Waals surface area contributed by atoms with Gasteiger partial charge in [0.05, 0.1) is 0 Å². The summed E-state index contributed by atoms with van der Waals surface area (Å²) in [4.78, 5) is 36.1. The third-order valence-corrected chi connectivity index (χ3v) is 3.99. The number of rotatable bonds is 6. The van der Waals surface area contributed by atoms with Gasteiger partial charge in [0.15, 0.2) is 6.61 Å². The topological polar surface area (TPSA) is 72.5 Å². The molecule has 1 N–H and O–H groups in total. The molecule has 0 saturated heterocycles. The Kier molecular flexibility index (Phi) is 6.28. The molecule has 0 bridgehead atoms. The minimum atomic E-state index is -0.651. The molecule has 26 heavy (non-hydrogen) atoms. The van der Waals surface area contributed by atoms with E-state index in [1.807, 2.05) is 45.9 Å². The number of carbonyl (C=O) groups excluding carboxylic acids is 3. The number of ether oxygens (including phenoxy) is 1. The van der Waals surface area contributed by atoms with E-state index >= 15 is 0 Å². The van der Waals surface area contributed by atoms with Gasteiger partial charge in [-0.05, 0) is 51.0 Å². The summed E-state index contributed by atoms with van der Waals surface area (Å²) < 4.78 is 5.01. The molecule has 5 nitrogen and oxygen atoms in total. The van der Waals surface area contributed by atoms with Crippen molar-refractivity contribution in [2.24, 2.45) is 0 Å². The molecule has 0 spiro atoms. The van der Waals surface area contributed by atoms with Crippen molar-refractivity contribution in [3.8, 4) is 0 Å². The number of ketones is 1. The third kappa shape index (κ3) is 5.02. The summed E-state index contributed by atoms with van der Waals surface area (Å²) in [7, 11) is 0. The molecule has 0 aliphatic carbocycles.